The van der Waals surface area contributed by atoms with Crippen LogP contribution < -0.4 is 10.1 Å². The molecule has 3 heterocycles. The number of hydrogen-bond donors (Lipinski definition) is 4. The lowest BCUT2D eigenvalue weighted by Gasteiger charge is -2.35. The monoisotopic (exact) mass is 588 g/mol. The normalized spacial score (nSPS) is 18.9. The molecule has 4 N–H and O–H groups in total. The van der Waals surface area contributed by atoms with Gasteiger partial charge < -0.3 is 34.4 Å². The third-order valence-electron chi connectivity index (χ3n) is 7.09. The molecule has 0 bridgehead atoms. The van der Waals surface area contributed by atoms with E-state index in [2.05, 4.69) is 20.6 Å². The van der Waals surface area contributed by atoms with Crippen molar-refractivity contribution >= 4 is 6.16 Å². The molecule has 4 aromatic rings. The summed E-state index contributed by atoms with van der Waals surface area (Å²) >= 11 is 0. The van der Waals surface area contributed by atoms with Crippen LogP contribution in [0.25, 0.3) is 34.3 Å². The number of alkyl halides is 3. The molecule has 2 aliphatic rings. The molecule has 1 aliphatic carbocycles. The lowest BCUT2D eigenvalue weighted by molar-refractivity contribution is -0.137. The highest BCUT2D eigenvalue weighted by Crippen LogP contribution is 2.43. The van der Waals surface area contributed by atoms with E-state index in [9.17, 15) is 18.3 Å². The zero-order valence-corrected chi connectivity index (χ0v) is 22.0. The lowest BCUT2D eigenvalue weighted by Crippen LogP contribution is -2.48. The Bertz CT molecular complexity index is 1510. The fourth-order valence-corrected chi connectivity index (χ4v) is 5.17. The van der Waals surface area contributed by atoms with Crippen molar-refractivity contribution in [1.29, 1.82) is 0 Å². The van der Waals surface area contributed by atoms with Gasteiger partial charge in [0.15, 0.2) is 0 Å². The number of aromatic nitrogens is 3. The number of benzene rings is 2. The smallest absolute Gasteiger partial charge is 0.491 e. The molecule has 1 saturated carbocycles. The van der Waals surface area contributed by atoms with E-state index in [0.717, 1.165) is 12.8 Å². The number of carbonyl (C=O) groups is 1. The number of nitrogens with zero attached hydrogens (tertiary/aromatic N) is 3. The van der Waals surface area contributed by atoms with E-state index < -0.39 is 35.7 Å². The van der Waals surface area contributed by atoms with Crippen LogP contribution >= 0.6 is 0 Å². The summed E-state index contributed by atoms with van der Waals surface area (Å²) < 4.78 is 58.2. The van der Waals surface area contributed by atoms with Crippen molar-refractivity contribution in [3.8, 4) is 40.0 Å². The maximum absolute atomic E-state index is 14.0. The van der Waals surface area contributed by atoms with Crippen molar-refractivity contribution in [3.05, 3.63) is 59.7 Å². The second-order valence-corrected chi connectivity index (χ2v) is 9.92. The van der Waals surface area contributed by atoms with Crippen LogP contribution in [0.3, 0.4) is 0 Å². The zero-order valence-electron chi connectivity index (χ0n) is 22.0. The minimum absolute atomic E-state index is 0.0501. The van der Waals surface area contributed by atoms with Gasteiger partial charge in [-0.05, 0) is 18.9 Å². The highest BCUT2D eigenvalue weighted by Gasteiger charge is 2.43. The van der Waals surface area contributed by atoms with E-state index in [-0.39, 0.29) is 23.1 Å². The van der Waals surface area contributed by atoms with E-state index in [1.54, 1.807) is 36.4 Å². The molecule has 14 heteroatoms. The molecule has 0 unspecified atom stereocenters. The molecule has 2 atom stereocenters. The molecule has 0 saturated heterocycles. The molecular weight excluding hydrogens is 561 g/mol. The first kappa shape index (κ1) is 29.1. The minimum Gasteiger partial charge on any atom is -0.491 e. The number of carboxylic acid groups (broad SMARTS) is 2. The van der Waals surface area contributed by atoms with Crippen molar-refractivity contribution in [2.24, 2.45) is 0 Å². The first-order valence-corrected chi connectivity index (χ1v) is 13.2. The first-order chi connectivity index (χ1) is 20.1. The topological polar surface area (TPSA) is 164 Å². The molecular formula is C28H27F3N4O7. The Morgan fingerprint density at radius 3 is 2.36 bits per heavy atom. The molecule has 2 aromatic heterocycles. The van der Waals surface area contributed by atoms with Gasteiger partial charge in [-0.15, -0.1) is 0 Å². The molecule has 42 heavy (non-hydrogen) atoms. The van der Waals surface area contributed by atoms with Crippen LogP contribution in [0.5, 0.6) is 5.75 Å². The minimum atomic E-state index is -4.77. The van der Waals surface area contributed by atoms with Crippen molar-refractivity contribution in [3.63, 3.8) is 0 Å². The average Bonchev–Trinajstić information content (AvgIpc) is 3.63. The molecule has 1 fully saturated rings. The number of nitrogens with one attached hydrogen (secondary N) is 1. The van der Waals surface area contributed by atoms with E-state index >= 15 is 0 Å². The predicted molar refractivity (Wildman–Crippen MR) is 141 cm³/mol. The van der Waals surface area contributed by atoms with Crippen LogP contribution in [0.4, 0.5) is 18.0 Å². The van der Waals surface area contributed by atoms with Crippen LogP contribution in [0.15, 0.2) is 57.6 Å². The standard InChI is InChI=1S/C27H25F3N4O4.CH2O3/c28-27(29,30)21-22(15-7-3-1-4-8-15)33-37-24(21)26-32-25(34-38-26)16-11-12-18-20(13-16)36-14-19(23(18)35)31-17-9-5-2-6-10-17;2-1(3)4/h1,3-4,7-8,11-13,17,19,23,31,35H,2,5-6,9-10,14H2;(H2,2,3,4)/t19-,23+;/m1./s1. The summed E-state index contributed by atoms with van der Waals surface area (Å²) in [6.07, 6.45) is -1.58. The van der Waals surface area contributed by atoms with Gasteiger partial charge in [0.05, 0.1) is 6.04 Å². The van der Waals surface area contributed by atoms with Gasteiger partial charge in [0.25, 0.3) is 5.89 Å². The summed E-state index contributed by atoms with van der Waals surface area (Å²) in [6, 6.07) is 13.1. The van der Waals surface area contributed by atoms with Crippen LogP contribution in [0.1, 0.15) is 49.3 Å². The third kappa shape index (κ3) is 6.39. The molecule has 2 aromatic carbocycles. The summed E-state index contributed by atoms with van der Waals surface area (Å²) in [5, 5.41) is 35.9. The summed E-state index contributed by atoms with van der Waals surface area (Å²) in [5.74, 6) is -0.590. The molecule has 1 aliphatic heterocycles. The highest BCUT2D eigenvalue weighted by atomic mass is 19.4. The second-order valence-electron chi connectivity index (χ2n) is 9.92. The summed E-state index contributed by atoms with van der Waals surface area (Å²) in [5.41, 5.74) is -0.121. The van der Waals surface area contributed by atoms with Gasteiger partial charge >= 0.3 is 12.3 Å². The Labute approximate surface area is 236 Å². The first-order valence-electron chi connectivity index (χ1n) is 13.2. The Balaban J connectivity index is 0.000000830. The molecule has 0 amide bonds. The van der Waals surface area contributed by atoms with Crippen molar-refractivity contribution in [1.82, 2.24) is 20.6 Å². The Morgan fingerprint density at radius 2 is 1.67 bits per heavy atom. The van der Waals surface area contributed by atoms with E-state index in [0.29, 0.717) is 29.5 Å². The number of ether oxygens (including phenoxy) is 1. The molecule has 0 spiro atoms. The van der Waals surface area contributed by atoms with Gasteiger partial charge in [-0.25, -0.2) is 4.79 Å². The maximum Gasteiger partial charge on any atom is 0.503 e. The second kappa shape index (κ2) is 12.2. The lowest BCUT2D eigenvalue weighted by atomic mass is 9.92. The van der Waals surface area contributed by atoms with Crippen molar-refractivity contribution in [2.75, 3.05) is 6.61 Å². The number of aliphatic hydroxyl groups is 1. The molecule has 11 nitrogen and oxygen atoms in total. The molecule has 0 radical (unpaired) electrons. The van der Waals surface area contributed by atoms with Gasteiger partial charge in [0.1, 0.15) is 29.7 Å². The van der Waals surface area contributed by atoms with E-state index in [1.165, 1.54) is 31.4 Å². The van der Waals surface area contributed by atoms with Gasteiger partial charge in [-0.1, -0.05) is 72.0 Å². The Morgan fingerprint density at radius 1 is 0.952 bits per heavy atom. The highest BCUT2D eigenvalue weighted by molar-refractivity contribution is 5.71. The average molecular weight is 589 g/mol. The van der Waals surface area contributed by atoms with E-state index in [4.69, 9.17) is 28.8 Å². The van der Waals surface area contributed by atoms with E-state index in [1.807, 2.05) is 0 Å². The van der Waals surface area contributed by atoms with Crippen molar-refractivity contribution in [2.45, 2.75) is 56.5 Å². The molecule has 6 rings (SSSR count). The SMILES string of the molecule is O=C(O)O.O[C@H]1c2ccc(-c3noc(-c4onc(-c5ccccc5)c4C(F)(F)F)n3)cc2OC[C@H]1NC1CCCCC1. The van der Waals surface area contributed by atoms with Crippen LogP contribution in [0, 0.1) is 0 Å². The van der Waals surface area contributed by atoms with Gasteiger partial charge in [0, 0.05) is 22.7 Å². The van der Waals surface area contributed by atoms with Crippen LogP contribution in [0.2, 0.25) is 0 Å². The Hall–Kier alpha value is -4.43. The number of rotatable bonds is 5. The summed E-state index contributed by atoms with van der Waals surface area (Å²) in [6.45, 7) is 0.293. The van der Waals surface area contributed by atoms with Gasteiger partial charge in [0.2, 0.25) is 11.6 Å². The largest absolute Gasteiger partial charge is 0.503 e. The molecule has 222 valence electrons. The quantitative estimate of drug-likeness (QED) is 0.216. The fourth-order valence-electron chi connectivity index (χ4n) is 5.17. The van der Waals surface area contributed by atoms with Gasteiger partial charge in [-0.2, -0.15) is 18.2 Å². The van der Waals surface area contributed by atoms with Crippen LogP contribution in [-0.2, 0) is 6.18 Å². The zero-order chi connectivity index (χ0) is 29.9. The Kier molecular flexibility index (Phi) is 8.45. The number of aliphatic hydroxyl groups excluding tert-OH is 1. The summed E-state index contributed by atoms with van der Waals surface area (Å²) in [4.78, 5) is 12.7. The fraction of sp³-hybridized carbons (Fsp3) is 0.357. The van der Waals surface area contributed by atoms with Crippen LogP contribution in [-0.4, -0.2) is 55.5 Å². The number of hydrogen-bond acceptors (Lipinski definition) is 9. The third-order valence-corrected chi connectivity index (χ3v) is 7.09. The predicted octanol–water partition coefficient (Wildman–Crippen LogP) is 6.02. The number of fused-ring (bicyclic) bond motifs is 1. The number of halogens is 3. The summed E-state index contributed by atoms with van der Waals surface area (Å²) in [7, 11) is 0. The van der Waals surface area contributed by atoms with Gasteiger partial charge in [-0.3, -0.25) is 0 Å². The maximum atomic E-state index is 14.0. The van der Waals surface area contributed by atoms with Crippen molar-refractivity contribution < 1.29 is 47.1 Å².